The van der Waals surface area contributed by atoms with Gasteiger partial charge in [0.15, 0.2) is 0 Å². The van der Waals surface area contributed by atoms with Gasteiger partial charge in [0.25, 0.3) is 0 Å². The molecule has 0 N–H and O–H groups in total. The van der Waals surface area contributed by atoms with E-state index in [1.54, 1.807) is 12.1 Å². The monoisotopic (exact) mass is 246 g/mol. The molecule has 0 aliphatic carbocycles. The van der Waals surface area contributed by atoms with Crippen molar-refractivity contribution in [1.82, 2.24) is 0 Å². The van der Waals surface area contributed by atoms with Gasteiger partial charge in [0.2, 0.25) is 0 Å². The largest absolute Gasteiger partial charge is 0.462 e. The molecule has 0 spiro atoms. The molecule has 82 valence electrons. The van der Waals surface area contributed by atoms with Gasteiger partial charge in [-0.3, -0.25) is 0 Å². The number of hydrogen-bond acceptors (Lipinski definition) is 2. The summed E-state index contributed by atoms with van der Waals surface area (Å²) in [6.45, 7) is 2.46. The van der Waals surface area contributed by atoms with E-state index in [0.717, 1.165) is 12.8 Å². The number of carbonyl (C=O) groups is 1. The average Bonchev–Trinajstić information content (AvgIpc) is 2.17. The van der Waals surface area contributed by atoms with E-state index >= 15 is 0 Å². The molecule has 1 aromatic carbocycles. The Morgan fingerprint density at radius 3 is 2.73 bits per heavy atom. The van der Waals surface area contributed by atoms with E-state index in [9.17, 15) is 4.79 Å². The number of benzene rings is 1. The van der Waals surface area contributed by atoms with Gasteiger partial charge in [0.05, 0.1) is 17.2 Å². The summed E-state index contributed by atoms with van der Waals surface area (Å²) < 4.78 is 5.02. The van der Waals surface area contributed by atoms with Gasteiger partial charge in [0.1, 0.15) is 0 Å². The van der Waals surface area contributed by atoms with Crippen molar-refractivity contribution in [2.75, 3.05) is 6.61 Å². The van der Waals surface area contributed by atoms with E-state index in [4.69, 9.17) is 27.9 Å². The van der Waals surface area contributed by atoms with Crippen molar-refractivity contribution in [3.8, 4) is 0 Å². The molecule has 0 unspecified atom stereocenters. The van der Waals surface area contributed by atoms with Gasteiger partial charge < -0.3 is 4.74 Å². The van der Waals surface area contributed by atoms with E-state index in [1.807, 2.05) is 6.92 Å². The van der Waals surface area contributed by atoms with Gasteiger partial charge in [-0.05, 0) is 24.6 Å². The molecule has 0 fully saturated rings. The van der Waals surface area contributed by atoms with Gasteiger partial charge in [0, 0.05) is 5.02 Å². The third-order valence-electron chi connectivity index (χ3n) is 1.88. The lowest BCUT2D eigenvalue weighted by molar-refractivity contribution is 0.0500. The molecule has 15 heavy (non-hydrogen) atoms. The smallest absolute Gasteiger partial charge is 0.339 e. The van der Waals surface area contributed by atoms with E-state index in [2.05, 4.69) is 0 Å². The molecule has 0 aliphatic rings. The first kappa shape index (κ1) is 12.3. The van der Waals surface area contributed by atoms with Crippen molar-refractivity contribution in [3.63, 3.8) is 0 Å². The number of unbranched alkanes of at least 4 members (excludes halogenated alkanes) is 1. The summed E-state index contributed by atoms with van der Waals surface area (Å²) in [4.78, 5) is 11.5. The Bertz CT molecular complexity index is 350. The zero-order valence-electron chi connectivity index (χ0n) is 8.43. The minimum atomic E-state index is -0.398. The molecule has 0 saturated carbocycles. The molecule has 0 heterocycles. The van der Waals surface area contributed by atoms with Crippen LogP contribution in [0.1, 0.15) is 30.1 Å². The van der Waals surface area contributed by atoms with Crippen LogP contribution in [0.15, 0.2) is 18.2 Å². The molecule has 0 atom stereocenters. The van der Waals surface area contributed by atoms with Gasteiger partial charge in [-0.1, -0.05) is 36.5 Å². The summed E-state index contributed by atoms with van der Waals surface area (Å²) in [7, 11) is 0. The Labute approximate surface area is 99.1 Å². The van der Waals surface area contributed by atoms with E-state index in [-0.39, 0.29) is 0 Å². The number of esters is 1. The minimum Gasteiger partial charge on any atom is -0.462 e. The lowest BCUT2D eigenvalue weighted by Gasteiger charge is -2.05. The zero-order valence-corrected chi connectivity index (χ0v) is 9.94. The summed E-state index contributed by atoms with van der Waals surface area (Å²) >= 11 is 11.6. The maximum absolute atomic E-state index is 11.5. The summed E-state index contributed by atoms with van der Waals surface area (Å²) in [6, 6.07) is 4.71. The topological polar surface area (TPSA) is 26.3 Å². The lowest BCUT2D eigenvalue weighted by atomic mass is 10.2. The standard InChI is InChI=1S/C11H12Cl2O2/c1-2-3-6-15-11(14)9-5-4-8(12)7-10(9)13/h4-5,7H,2-3,6H2,1H3. The number of hydrogen-bond donors (Lipinski definition) is 0. The highest BCUT2D eigenvalue weighted by atomic mass is 35.5. The van der Waals surface area contributed by atoms with Gasteiger partial charge >= 0.3 is 5.97 Å². The molecule has 0 aliphatic heterocycles. The Hall–Kier alpha value is -0.730. The Morgan fingerprint density at radius 2 is 2.13 bits per heavy atom. The first-order valence-electron chi connectivity index (χ1n) is 4.77. The van der Waals surface area contributed by atoms with Crippen molar-refractivity contribution >= 4 is 29.2 Å². The molecule has 2 nitrogen and oxygen atoms in total. The Kier molecular flexibility index (Phi) is 4.92. The Morgan fingerprint density at radius 1 is 1.40 bits per heavy atom. The first-order chi connectivity index (χ1) is 7.15. The molecule has 0 saturated heterocycles. The SMILES string of the molecule is CCCCOC(=O)c1ccc(Cl)cc1Cl. The maximum Gasteiger partial charge on any atom is 0.339 e. The van der Waals surface area contributed by atoms with Crippen molar-refractivity contribution in [1.29, 1.82) is 0 Å². The van der Waals surface area contributed by atoms with E-state index < -0.39 is 5.97 Å². The predicted octanol–water partition coefficient (Wildman–Crippen LogP) is 3.95. The Balaban J connectivity index is 2.65. The van der Waals surface area contributed by atoms with Crippen LogP contribution in [0.5, 0.6) is 0 Å². The fourth-order valence-corrected chi connectivity index (χ4v) is 1.53. The molecule has 0 aromatic heterocycles. The second kappa shape index (κ2) is 5.99. The van der Waals surface area contributed by atoms with Crippen LogP contribution < -0.4 is 0 Å². The average molecular weight is 247 g/mol. The summed E-state index contributed by atoms with van der Waals surface area (Å²) in [5.41, 5.74) is 0.358. The number of halogens is 2. The summed E-state index contributed by atoms with van der Waals surface area (Å²) in [5.74, 6) is -0.398. The van der Waals surface area contributed by atoms with Crippen molar-refractivity contribution < 1.29 is 9.53 Å². The normalized spacial score (nSPS) is 10.1. The maximum atomic E-state index is 11.5. The quantitative estimate of drug-likeness (QED) is 0.594. The zero-order chi connectivity index (χ0) is 11.3. The van der Waals surface area contributed by atoms with Crippen LogP contribution in [-0.4, -0.2) is 12.6 Å². The number of rotatable bonds is 4. The van der Waals surface area contributed by atoms with E-state index in [0.29, 0.717) is 22.2 Å². The molecule has 1 aromatic rings. The second-order valence-corrected chi connectivity index (χ2v) is 3.96. The first-order valence-corrected chi connectivity index (χ1v) is 5.53. The minimum absolute atomic E-state index is 0.323. The third-order valence-corrected chi connectivity index (χ3v) is 2.43. The molecule has 4 heteroatoms. The fraction of sp³-hybridized carbons (Fsp3) is 0.364. The third kappa shape index (κ3) is 3.73. The molecule has 0 radical (unpaired) electrons. The predicted molar refractivity (Wildman–Crippen MR) is 61.7 cm³/mol. The summed E-state index contributed by atoms with van der Waals surface area (Å²) in [6.07, 6.45) is 1.85. The highest BCUT2D eigenvalue weighted by Crippen LogP contribution is 2.21. The van der Waals surface area contributed by atoms with Crippen molar-refractivity contribution in [2.24, 2.45) is 0 Å². The molecular weight excluding hydrogens is 235 g/mol. The fourth-order valence-electron chi connectivity index (χ4n) is 1.04. The van der Waals surface area contributed by atoms with Crippen LogP contribution in [0.3, 0.4) is 0 Å². The van der Waals surface area contributed by atoms with Gasteiger partial charge in [-0.15, -0.1) is 0 Å². The highest BCUT2D eigenvalue weighted by Gasteiger charge is 2.11. The highest BCUT2D eigenvalue weighted by molar-refractivity contribution is 6.36. The van der Waals surface area contributed by atoms with Crippen LogP contribution in [0.4, 0.5) is 0 Å². The van der Waals surface area contributed by atoms with Crippen LogP contribution in [0.2, 0.25) is 10.0 Å². The number of ether oxygens (including phenoxy) is 1. The van der Waals surface area contributed by atoms with Crippen molar-refractivity contribution in [3.05, 3.63) is 33.8 Å². The number of carbonyl (C=O) groups excluding carboxylic acids is 1. The van der Waals surface area contributed by atoms with Crippen LogP contribution >= 0.6 is 23.2 Å². The van der Waals surface area contributed by atoms with Crippen LogP contribution in [0, 0.1) is 0 Å². The van der Waals surface area contributed by atoms with Crippen LogP contribution in [0.25, 0.3) is 0 Å². The van der Waals surface area contributed by atoms with Gasteiger partial charge in [-0.25, -0.2) is 4.79 Å². The molecule has 0 amide bonds. The molecule has 0 bridgehead atoms. The van der Waals surface area contributed by atoms with E-state index in [1.165, 1.54) is 6.07 Å². The van der Waals surface area contributed by atoms with Crippen LogP contribution in [-0.2, 0) is 4.74 Å². The molecule has 1 rings (SSSR count). The lowest BCUT2D eigenvalue weighted by Crippen LogP contribution is -2.06. The van der Waals surface area contributed by atoms with Gasteiger partial charge in [-0.2, -0.15) is 0 Å². The second-order valence-electron chi connectivity index (χ2n) is 3.11. The summed E-state index contributed by atoms with van der Waals surface area (Å²) in [5, 5.41) is 0.828. The van der Waals surface area contributed by atoms with Crippen molar-refractivity contribution in [2.45, 2.75) is 19.8 Å². The molecular formula is C11H12Cl2O2.